The minimum atomic E-state index is -2.04. The second-order valence-electron chi connectivity index (χ2n) is 4.70. The van der Waals surface area contributed by atoms with Crippen molar-refractivity contribution in [3.05, 3.63) is 34.9 Å². The third-order valence-corrected chi connectivity index (χ3v) is 3.41. The summed E-state index contributed by atoms with van der Waals surface area (Å²) >= 11 is 0. The largest absolute Gasteiger partial charge is 0.391 e. The molecule has 1 aromatic carbocycles. The monoisotopic (exact) mass is 307 g/mol. The number of hydrogen-bond acceptors (Lipinski definition) is 2. The summed E-state index contributed by atoms with van der Waals surface area (Å²) in [4.78, 5) is 11.7. The highest BCUT2D eigenvalue weighted by Crippen LogP contribution is 2.19. The molecule has 7 heteroatoms. The lowest BCUT2D eigenvalue weighted by molar-refractivity contribution is 0.0812. The summed E-state index contributed by atoms with van der Waals surface area (Å²) < 4.78 is 52.2. The third-order valence-electron chi connectivity index (χ3n) is 3.41. The number of hydrogen-bond donors (Lipinski definition) is 2. The molecule has 0 heterocycles. The zero-order chi connectivity index (χ0) is 16.2. The first kappa shape index (κ1) is 17.4. The molecule has 0 aliphatic carbocycles. The minimum absolute atomic E-state index is 0.0585. The summed E-state index contributed by atoms with van der Waals surface area (Å²) in [7, 11) is 0. The molecule has 1 aromatic rings. The Morgan fingerprint density at radius 2 is 1.71 bits per heavy atom. The SMILES string of the molecule is CCC(CC)C(O)CNC(=O)c1cc(F)c(F)c(F)c1F. The van der Waals surface area contributed by atoms with Gasteiger partial charge in [-0.25, -0.2) is 17.6 Å². The number of rotatable bonds is 6. The first-order chi connectivity index (χ1) is 9.83. The van der Waals surface area contributed by atoms with Crippen LogP contribution in [0.3, 0.4) is 0 Å². The molecule has 0 aromatic heterocycles. The predicted octanol–water partition coefficient (Wildman–Crippen LogP) is 2.77. The molecule has 0 saturated carbocycles. The average molecular weight is 307 g/mol. The van der Waals surface area contributed by atoms with E-state index >= 15 is 0 Å². The molecule has 1 unspecified atom stereocenters. The molecule has 0 spiro atoms. The molecule has 21 heavy (non-hydrogen) atoms. The first-order valence-electron chi connectivity index (χ1n) is 6.62. The molecule has 118 valence electrons. The van der Waals surface area contributed by atoms with E-state index in [0.717, 1.165) is 0 Å². The van der Waals surface area contributed by atoms with E-state index in [9.17, 15) is 27.5 Å². The molecule has 2 N–H and O–H groups in total. The molecule has 1 atom stereocenters. The number of benzene rings is 1. The molecule has 0 bridgehead atoms. The van der Waals surface area contributed by atoms with Crippen molar-refractivity contribution in [1.29, 1.82) is 0 Å². The van der Waals surface area contributed by atoms with Crippen LogP contribution in [-0.4, -0.2) is 23.7 Å². The third kappa shape index (κ3) is 3.93. The van der Waals surface area contributed by atoms with Gasteiger partial charge in [0, 0.05) is 6.54 Å². The van der Waals surface area contributed by atoms with Gasteiger partial charge in [0.1, 0.15) is 0 Å². The van der Waals surface area contributed by atoms with Crippen molar-refractivity contribution in [2.45, 2.75) is 32.8 Å². The van der Waals surface area contributed by atoms with Gasteiger partial charge < -0.3 is 10.4 Å². The summed E-state index contributed by atoms with van der Waals surface area (Å²) in [6.07, 6.45) is 0.505. The second-order valence-corrected chi connectivity index (χ2v) is 4.70. The van der Waals surface area contributed by atoms with Gasteiger partial charge in [-0.05, 0) is 12.0 Å². The quantitative estimate of drug-likeness (QED) is 0.482. The first-order valence-corrected chi connectivity index (χ1v) is 6.62. The molecule has 1 rings (SSSR count). The maximum absolute atomic E-state index is 13.4. The van der Waals surface area contributed by atoms with Crippen LogP contribution in [0.4, 0.5) is 17.6 Å². The Balaban J connectivity index is 2.82. The highest BCUT2D eigenvalue weighted by molar-refractivity contribution is 5.94. The van der Waals surface area contributed by atoms with Gasteiger partial charge in [0.05, 0.1) is 11.7 Å². The topological polar surface area (TPSA) is 49.3 Å². The molecule has 3 nitrogen and oxygen atoms in total. The second kappa shape index (κ2) is 7.40. The van der Waals surface area contributed by atoms with E-state index in [4.69, 9.17) is 0 Å². The Kier molecular flexibility index (Phi) is 6.14. The molecule has 0 radical (unpaired) electrons. The summed E-state index contributed by atoms with van der Waals surface area (Å²) in [5.41, 5.74) is -0.942. The fraction of sp³-hybridized carbons (Fsp3) is 0.500. The highest BCUT2D eigenvalue weighted by atomic mass is 19.2. The molecule has 0 aliphatic rings. The Labute approximate surface area is 120 Å². The number of aliphatic hydroxyl groups is 1. The zero-order valence-corrected chi connectivity index (χ0v) is 11.7. The Hall–Kier alpha value is -1.63. The van der Waals surface area contributed by atoms with Crippen LogP contribution in [0, 0.1) is 29.2 Å². The molecular formula is C14H17F4NO2. The molecule has 1 amide bonds. The van der Waals surface area contributed by atoms with Gasteiger partial charge in [-0.15, -0.1) is 0 Å². The van der Waals surface area contributed by atoms with Crippen LogP contribution in [-0.2, 0) is 0 Å². The minimum Gasteiger partial charge on any atom is -0.391 e. The summed E-state index contributed by atoms with van der Waals surface area (Å²) in [5.74, 6) is -8.60. The summed E-state index contributed by atoms with van der Waals surface area (Å²) in [6, 6.07) is 0.284. The lowest BCUT2D eigenvalue weighted by Gasteiger charge is -2.20. The van der Waals surface area contributed by atoms with E-state index in [1.54, 1.807) is 0 Å². The maximum Gasteiger partial charge on any atom is 0.254 e. The van der Waals surface area contributed by atoms with Crippen molar-refractivity contribution in [2.75, 3.05) is 6.54 Å². The lowest BCUT2D eigenvalue weighted by Crippen LogP contribution is -2.36. The number of aliphatic hydroxyl groups excluding tert-OH is 1. The van der Waals surface area contributed by atoms with Gasteiger partial charge in [0.25, 0.3) is 5.91 Å². The van der Waals surface area contributed by atoms with E-state index < -0.39 is 40.8 Å². The number of amides is 1. The number of carbonyl (C=O) groups is 1. The molecule has 0 saturated heterocycles. The van der Waals surface area contributed by atoms with Crippen LogP contribution in [0.2, 0.25) is 0 Å². The van der Waals surface area contributed by atoms with E-state index in [2.05, 4.69) is 5.32 Å². The average Bonchev–Trinajstić information content (AvgIpc) is 2.47. The van der Waals surface area contributed by atoms with Crippen LogP contribution < -0.4 is 5.32 Å². The fourth-order valence-electron chi connectivity index (χ4n) is 2.03. The van der Waals surface area contributed by atoms with Crippen molar-refractivity contribution >= 4 is 5.91 Å². The van der Waals surface area contributed by atoms with Crippen molar-refractivity contribution in [3.63, 3.8) is 0 Å². The maximum atomic E-state index is 13.4. The van der Waals surface area contributed by atoms with Crippen molar-refractivity contribution in [1.82, 2.24) is 5.32 Å². The molecule has 0 aliphatic heterocycles. The van der Waals surface area contributed by atoms with Gasteiger partial charge in [0.2, 0.25) is 0 Å². The van der Waals surface area contributed by atoms with Gasteiger partial charge in [-0.1, -0.05) is 26.7 Å². The van der Waals surface area contributed by atoms with Gasteiger partial charge in [-0.2, -0.15) is 0 Å². The standard InChI is InChI=1S/C14H17F4NO2/c1-3-7(4-2)10(20)6-19-14(21)8-5-9(15)12(17)13(18)11(8)16/h5,7,10,20H,3-4,6H2,1-2H3,(H,19,21). The number of carbonyl (C=O) groups excluding carboxylic acids is 1. The van der Waals surface area contributed by atoms with Gasteiger partial charge in [0.15, 0.2) is 23.3 Å². The van der Waals surface area contributed by atoms with Crippen molar-refractivity contribution in [3.8, 4) is 0 Å². The van der Waals surface area contributed by atoms with E-state index in [1.807, 2.05) is 13.8 Å². The Morgan fingerprint density at radius 1 is 1.14 bits per heavy atom. The normalized spacial score (nSPS) is 12.6. The van der Waals surface area contributed by atoms with Crippen LogP contribution in [0.15, 0.2) is 6.07 Å². The van der Waals surface area contributed by atoms with Gasteiger partial charge in [-0.3, -0.25) is 4.79 Å². The van der Waals surface area contributed by atoms with Gasteiger partial charge >= 0.3 is 0 Å². The smallest absolute Gasteiger partial charge is 0.254 e. The van der Waals surface area contributed by atoms with E-state index in [0.29, 0.717) is 12.8 Å². The van der Waals surface area contributed by atoms with E-state index in [1.165, 1.54) is 0 Å². The van der Waals surface area contributed by atoms with Crippen LogP contribution in [0.1, 0.15) is 37.0 Å². The van der Waals surface area contributed by atoms with Crippen molar-refractivity contribution < 1.29 is 27.5 Å². The molecule has 0 fully saturated rings. The fourth-order valence-corrected chi connectivity index (χ4v) is 2.03. The van der Waals surface area contributed by atoms with Crippen LogP contribution in [0.5, 0.6) is 0 Å². The Bertz CT molecular complexity index is 518. The lowest BCUT2D eigenvalue weighted by atomic mass is 9.96. The summed E-state index contributed by atoms with van der Waals surface area (Å²) in [6.45, 7) is 3.54. The predicted molar refractivity (Wildman–Crippen MR) is 68.7 cm³/mol. The number of halogens is 4. The zero-order valence-electron chi connectivity index (χ0n) is 11.7. The number of nitrogens with one attached hydrogen (secondary N) is 1. The van der Waals surface area contributed by atoms with Crippen LogP contribution in [0.25, 0.3) is 0 Å². The summed E-state index contributed by atoms with van der Waals surface area (Å²) in [5, 5.41) is 12.0. The van der Waals surface area contributed by atoms with E-state index in [-0.39, 0.29) is 18.5 Å². The van der Waals surface area contributed by atoms with Crippen molar-refractivity contribution in [2.24, 2.45) is 5.92 Å². The molecular weight excluding hydrogens is 290 g/mol. The Morgan fingerprint density at radius 3 is 2.24 bits per heavy atom. The van der Waals surface area contributed by atoms with Crippen LogP contribution >= 0.6 is 0 Å². The highest BCUT2D eigenvalue weighted by Gasteiger charge is 2.24.